The third-order valence-corrected chi connectivity index (χ3v) is 3.82. The summed E-state index contributed by atoms with van der Waals surface area (Å²) in [6, 6.07) is 5.87. The van der Waals surface area contributed by atoms with Crippen molar-refractivity contribution in [2.24, 2.45) is 0 Å². The summed E-state index contributed by atoms with van der Waals surface area (Å²) in [7, 11) is 0. The zero-order chi connectivity index (χ0) is 10.9. The van der Waals surface area contributed by atoms with Gasteiger partial charge < -0.3 is 0 Å². The van der Waals surface area contributed by atoms with E-state index in [1.807, 2.05) is 25.1 Å². The Bertz CT molecular complexity index is 348. The molecule has 1 aliphatic rings. The Labute approximate surface area is 91.5 Å². The molecule has 0 bridgehead atoms. The average Bonchev–Trinajstić information content (AvgIpc) is 2.66. The largest absolute Gasteiger partial charge is 0.206 e. The van der Waals surface area contributed by atoms with E-state index in [4.69, 9.17) is 0 Å². The van der Waals surface area contributed by atoms with Crippen LogP contribution in [0.25, 0.3) is 0 Å². The van der Waals surface area contributed by atoms with Gasteiger partial charge in [0, 0.05) is 0 Å². The Morgan fingerprint density at radius 1 is 1.27 bits per heavy atom. The molecule has 0 saturated heterocycles. The van der Waals surface area contributed by atoms with Gasteiger partial charge >= 0.3 is 0 Å². The first-order chi connectivity index (χ1) is 7.17. The predicted octanol–water partition coefficient (Wildman–Crippen LogP) is 4.22. The van der Waals surface area contributed by atoms with E-state index in [9.17, 15) is 4.39 Å². The van der Waals surface area contributed by atoms with Gasteiger partial charge in [-0.15, -0.1) is 0 Å². The topological polar surface area (TPSA) is 0 Å². The van der Waals surface area contributed by atoms with Crippen LogP contribution in [-0.4, -0.2) is 0 Å². The standard InChI is InChI=1S/C14H19F/c1-3-11-7-6-8-12(13(11)15)14(2)9-4-5-10-14/h6-8H,3-5,9-10H2,1-2H3. The minimum atomic E-state index is 0.0457. The highest BCUT2D eigenvalue weighted by Gasteiger charge is 2.33. The van der Waals surface area contributed by atoms with Gasteiger partial charge in [0.1, 0.15) is 5.82 Å². The number of rotatable bonds is 2. The van der Waals surface area contributed by atoms with Gasteiger partial charge in [-0.1, -0.05) is 44.9 Å². The van der Waals surface area contributed by atoms with E-state index >= 15 is 0 Å². The molecule has 1 aromatic carbocycles. The van der Waals surface area contributed by atoms with Crippen LogP contribution in [-0.2, 0) is 11.8 Å². The van der Waals surface area contributed by atoms with E-state index in [0.29, 0.717) is 0 Å². The van der Waals surface area contributed by atoms with Gasteiger partial charge in [0.05, 0.1) is 0 Å². The second kappa shape index (κ2) is 3.96. The van der Waals surface area contributed by atoms with Gasteiger partial charge in [0.25, 0.3) is 0 Å². The van der Waals surface area contributed by atoms with Crippen LogP contribution in [0.1, 0.15) is 50.7 Å². The molecule has 0 radical (unpaired) electrons. The normalized spacial score (nSPS) is 19.4. The van der Waals surface area contributed by atoms with Crippen LogP contribution in [0.2, 0.25) is 0 Å². The lowest BCUT2D eigenvalue weighted by Gasteiger charge is -2.25. The minimum absolute atomic E-state index is 0.0457. The smallest absolute Gasteiger partial charge is 0.130 e. The van der Waals surface area contributed by atoms with Crippen LogP contribution in [0.3, 0.4) is 0 Å². The summed E-state index contributed by atoms with van der Waals surface area (Å²) >= 11 is 0. The van der Waals surface area contributed by atoms with E-state index in [1.165, 1.54) is 12.8 Å². The van der Waals surface area contributed by atoms with Crippen LogP contribution in [0.15, 0.2) is 18.2 Å². The molecule has 0 aromatic heterocycles. The van der Waals surface area contributed by atoms with E-state index in [0.717, 1.165) is 30.4 Å². The molecule has 1 aromatic rings. The van der Waals surface area contributed by atoms with E-state index < -0.39 is 0 Å². The van der Waals surface area contributed by atoms with Gasteiger partial charge in [-0.3, -0.25) is 0 Å². The molecule has 0 atom stereocenters. The first kappa shape index (κ1) is 10.7. The second-order valence-corrected chi connectivity index (χ2v) is 4.90. The van der Waals surface area contributed by atoms with Gasteiger partial charge in [-0.05, 0) is 35.8 Å². The first-order valence-electron chi connectivity index (χ1n) is 5.95. The van der Waals surface area contributed by atoms with Crippen molar-refractivity contribution in [1.29, 1.82) is 0 Å². The summed E-state index contributed by atoms with van der Waals surface area (Å²) in [6.07, 6.45) is 5.54. The molecule has 1 fully saturated rings. The number of aryl methyl sites for hydroxylation is 1. The van der Waals surface area contributed by atoms with Crippen molar-refractivity contribution in [1.82, 2.24) is 0 Å². The maximum atomic E-state index is 14.2. The lowest BCUT2D eigenvalue weighted by atomic mass is 9.80. The van der Waals surface area contributed by atoms with Crippen LogP contribution in [0.4, 0.5) is 4.39 Å². The zero-order valence-electron chi connectivity index (χ0n) is 9.65. The van der Waals surface area contributed by atoms with Crippen molar-refractivity contribution < 1.29 is 4.39 Å². The summed E-state index contributed by atoms with van der Waals surface area (Å²) in [6.45, 7) is 4.22. The number of benzene rings is 1. The molecule has 15 heavy (non-hydrogen) atoms. The van der Waals surface area contributed by atoms with Gasteiger partial charge in [0.2, 0.25) is 0 Å². The Hall–Kier alpha value is -0.850. The summed E-state index contributed by atoms with van der Waals surface area (Å²) < 4.78 is 14.2. The van der Waals surface area contributed by atoms with Gasteiger partial charge in [-0.2, -0.15) is 0 Å². The monoisotopic (exact) mass is 206 g/mol. The first-order valence-corrected chi connectivity index (χ1v) is 5.95. The summed E-state index contributed by atoms with van der Waals surface area (Å²) in [5.41, 5.74) is 1.90. The van der Waals surface area contributed by atoms with Gasteiger partial charge in [-0.25, -0.2) is 4.39 Å². The Morgan fingerprint density at radius 2 is 1.93 bits per heavy atom. The molecule has 1 aliphatic carbocycles. The zero-order valence-corrected chi connectivity index (χ0v) is 9.65. The van der Waals surface area contributed by atoms with Crippen molar-refractivity contribution in [3.63, 3.8) is 0 Å². The lowest BCUT2D eigenvalue weighted by molar-refractivity contribution is 0.454. The third kappa shape index (κ3) is 1.80. The lowest BCUT2D eigenvalue weighted by Crippen LogP contribution is -2.19. The Morgan fingerprint density at radius 3 is 2.53 bits per heavy atom. The molecule has 0 spiro atoms. The molecule has 1 saturated carbocycles. The van der Waals surface area contributed by atoms with Crippen LogP contribution in [0, 0.1) is 5.82 Å². The molecule has 0 nitrogen and oxygen atoms in total. The molecule has 0 N–H and O–H groups in total. The molecule has 82 valence electrons. The molecule has 0 heterocycles. The Kier molecular flexibility index (Phi) is 2.81. The fraction of sp³-hybridized carbons (Fsp3) is 0.571. The maximum absolute atomic E-state index is 14.2. The molecular formula is C14H19F. The van der Waals surface area contributed by atoms with Gasteiger partial charge in [0.15, 0.2) is 0 Å². The molecule has 1 heteroatoms. The highest BCUT2D eigenvalue weighted by atomic mass is 19.1. The highest BCUT2D eigenvalue weighted by Crippen LogP contribution is 2.42. The molecule has 2 rings (SSSR count). The summed E-state index contributed by atoms with van der Waals surface area (Å²) in [5.74, 6) is 0.0457. The van der Waals surface area contributed by atoms with Crippen molar-refractivity contribution >= 4 is 0 Å². The summed E-state index contributed by atoms with van der Waals surface area (Å²) in [4.78, 5) is 0. The fourth-order valence-electron chi connectivity index (χ4n) is 2.74. The molecule has 0 amide bonds. The maximum Gasteiger partial charge on any atom is 0.130 e. The van der Waals surface area contributed by atoms with E-state index in [1.54, 1.807) is 0 Å². The number of hydrogen-bond acceptors (Lipinski definition) is 0. The second-order valence-electron chi connectivity index (χ2n) is 4.90. The third-order valence-electron chi connectivity index (χ3n) is 3.82. The van der Waals surface area contributed by atoms with Crippen LogP contribution >= 0.6 is 0 Å². The number of hydrogen-bond donors (Lipinski definition) is 0. The molecule has 0 aliphatic heterocycles. The van der Waals surface area contributed by atoms with Crippen LogP contribution < -0.4 is 0 Å². The molecule has 0 unspecified atom stereocenters. The van der Waals surface area contributed by atoms with Crippen molar-refractivity contribution in [2.45, 2.75) is 51.4 Å². The summed E-state index contributed by atoms with van der Waals surface area (Å²) in [5, 5.41) is 0. The van der Waals surface area contributed by atoms with Crippen molar-refractivity contribution in [3.8, 4) is 0 Å². The Balaban J connectivity index is 2.43. The average molecular weight is 206 g/mol. The SMILES string of the molecule is CCc1cccc(C2(C)CCCC2)c1F. The van der Waals surface area contributed by atoms with E-state index in [-0.39, 0.29) is 11.2 Å². The van der Waals surface area contributed by atoms with E-state index in [2.05, 4.69) is 6.92 Å². The molecular weight excluding hydrogens is 187 g/mol. The fourth-order valence-corrected chi connectivity index (χ4v) is 2.74. The number of halogens is 1. The van der Waals surface area contributed by atoms with Crippen LogP contribution in [0.5, 0.6) is 0 Å². The minimum Gasteiger partial charge on any atom is -0.206 e. The predicted molar refractivity (Wildman–Crippen MR) is 61.6 cm³/mol. The van der Waals surface area contributed by atoms with Crippen molar-refractivity contribution in [2.75, 3.05) is 0 Å². The quantitative estimate of drug-likeness (QED) is 0.679. The van der Waals surface area contributed by atoms with Crippen molar-refractivity contribution in [3.05, 3.63) is 35.1 Å². The highest BCUT2D eigenvalue weighted by molar-refractivity contribution is 5.32.